The summed E-state index contributed by atoms with van der Waals surface area (Å²) in [6, 6.07) is 6.05. The topological polar surface area (TPSA) is 61.6 Å². The summed E-state index contributed by atoms with van der Waals surface area (Å²) in [6.45, 7) is 0.452. The van der Waals surface area contributed by atoms with Crippen molar-refractivity contribution >= 4 is 5.97 Å². The molecule has 1 aromatic rings. The second kappa shape index (κ2) is 4.61. The van der Waals surface area contributed by atoms with E-state index in [1.54, 1.807) is 0 Å². The zero-order valence-corrected chi connectivity index (χ0v) is 10.2. The molecule has 1 aliphatic carbocycles. The van der Waals surface area contributed by atoms with E-state index in [1.165, 1.54) is 5.56 Å². The predicted octanol–water partition coefficient (Wildman–Crippen LogP) is 1.72. The van der Waals surface area contributed by atoms with E-state index in [1.807, 2.05) is 12.1 Å². The van der Waals surface area contributed by atoms with Crippen molar-refractivity contribution in [2.45, 2.75) is 37.8 Å². The van der Waals surface area contributed by atoms with Crippen LogP contribution in [0.25, 0.3) is 0 Å². The van der Waals surface area contributed by atoms with Gasteiger partial charge in [0.1, 0.15) is 5.75 Å². The highest BCUT2D eigenvalue weighted by Crippen LogP contribution is 2.31. The van der Waals surface area contributed by atoms with Crippen LogP contribution >= 0.6 is 0 Å². The molecule has 96 valence electrons. The molecule has 3 rings (SSSR count). The molecule has 0 bridgehead atoms. The lowest BCUT2D eigenvalue weighted by molar-refractivity contribution is -0.143. The largest absolute Gasteiger partial charge is 0.479 e. The average Bonchev–Trinajstić information content (AvgIpc) is 2.76. The molecule has 1 saturated heterocycles. The second-order valence-corrected chi connectivity index (χ2v) is 4.92. The quantitative estimate of drug-likeness (QED) is 0.808. The van der Waals surface area contributed by atoms with Gasteiger partial charge >= 0.3 is 5.97 Å². The molecular formula is C14H17NO3. The van der Waals surface area contributed by atoms with Gasteiger partial charge in [0.05, 0.1) is 6.61 Å². The summed E-state index contributed by atoms with van der Waals surface area (Å²) in [4.78, 5) is 11.4. The predicted molar refractivity (Wildman–Crippen MR) is 66.3 cm³/mol. The zero-order valence-electron chi connectivity index (χ0n) is 10.2. The molecule has 1 unspecified atom stereocenters. The van der Waals surface area contributed by atoms with Gasteiger partial charge in [0.25, 0.3) is 0 Å². The van der Waals surface area contributed by atoms with Crippen LogP contribution in [0.4, 0.5) is 0 Å². The maximum Gasteiger partial charge on any atom is 0.347 e. The highest BCUT2D eigenvalue weighted by atomic mass is 16.6. The van der Waals surface area contributed by atoms with Gasteiger partial charge in [-0.1, -0.05) is 6.07 Å². The number of rotatable bonds is 2. The Kier molecular flexibility index (Phi) is 2.96. The fourth-order valence-electron chi connectivity index (χ4n) is 2.64. The summed E-state index contributed by atoms with van der Waals surface area (Å²) < 4.78 is 10.6. The van der Waals surface area contributed by atoms with Crippen molar-refractivity contribution in [2.75, 3.05) is 6.61 Å². The van der Waals surface area contributed by atoms with Crippen LogP contribution in [0.1, 0.15) is 36.4 Å². The molecule has 0 amide bonds. The smallest absolute Gasteiger partial charge is 0.347 e. The molecule has 2 N–H and O–H groups in total. The summed E-state index contributed by atoms with van der Waals surface area (Å²) in [5.74, 6) is 0.451. The first-order valence-electron chi connectivity index (χ1n) is 6.46. The van der Waals surface area contributed by atoms with Crippen LogP contribution in [0, 0.1) is 0 Å². The van der Waals surface area contributed by atoms with Crippen LogP contribution in [0.5, 0.6) is 5.75 Å². The number of benzene rings is 1. The molecule has 0 spiro atoms. The Bertz CT molecular complexity index is 472. The maximum atomic E-state index is 11.4. The molecule has 1 fully saturated rings. The minimum atomic E-state index is -0.456. The minimum Gasteiger partial charge on any atom is -0.479 e. The molecule has 0 saturated carbocycles. The lowest BCUT2D eigenvalue weighted by Gasteiger charge is -2.23. The van der Waals surface area contributed by atoms with Crippen molar-refractivity contribution in [3.05, 3.63) is 29.3 Å². The Morgan fingerprint density at radius 3 is 3.00 bits per heavy atom. The number of nitrogens with two attached hydrogens (primary N) is 1. The third kappa shape index (κ3) is 2.08. The van der Waals surface area contributed by atoms with Crippen LogP contribution in [0.3, 0.4) is 0 Å². The van der Waals surface area contributed by atoms with E-state index in [0.717, 1.165) is 30.6 Å². The van der Waals surface area contributed by atoms with E-state index < -0.39 is 6.10 Å². The number of carbonyl (C=O) groups excluding carboxylic acids is 1. The molecule has 0 radical (unpaired) electrons. The fraction of sp³-hybridized carbons (Fsp3) is 0.500. The molecule has 1 heterocycles. The number of ether oxygens (including phenoxy) is 2. The maximum absolute atomic E-state index is 11.4. The van der Waals surface area contributed by atoms with Gasteiger partial charge in [-0.15, -0.1) is 0 Å². The molecule has 1 aliphatic heterocycles. The van der Waals surface area contributed by atoms with E-state index >= 15 is 0 Å². The first-order chi connectivity index (χ1) is 8.74. The fourth-order valence-corrected chi connectivity index (χ4v) is 2.64. The van der Waals surface area contributed by atoms with Crippen molar-refractivity contribution in [1.82, 2.24) is 0 Å². The zero-order chi connectivity index (χ0) is 12.5. The monoisotopic (exact) mass is 247 g/mol. The highest BCUT2D eigenvalue weighted by Gasteiger charge is 2.28. The molecular weight excluding hydrogens is 230 g/mol. The number of aryl methyl sites for hydroxylation is 1. The van der Waals surface area contributed by atoms with Gasteiger partial charge in [-0.25, -0.2) is 4.79 Å². The molecule has 2 atom stereocenters. The van der Waals surface area contributed by atoms with Gasteiger partial charge in [0.15, 0.2) is 6.10 Å². The third-order valence-corrected chi connectivity index (χ3v) is 3.64. The normalized spacial score (nSPS) is 26.6. The average molecular weight is 247 g/mol. The van der Waals surface area contributed by atoms with E-state index in [4.69, 9.17) is 15.2 Å². The van der Waals surface area contributed by atoms with Crippen molar-refractivity contribution in [1.29, 1.82) is 0 Å². The van der Waals surface area contributed by atoms with E-state index in [0.29, 0.717) is 13.0 Å². The van der Waals surface area contributed by atoms with Crippen LogP contribution in [-0.2, 0) is 16.0 Å². The Labute approximate surface area is 106 Å². The molecule has 18 heavy (non-hydrogen) atoms. The van der Waals surface area contributed by atoms with Crippen LogP contribution in [-0.4, -0.2) is 18.7 Å². The molecule has 0 aromatic heterocycles. The Morgan fingerprint density at radius 2 is 2.22 bits per heavy atom. The van der Waals surface area contributed by atoms with Gasteiger partial charge in [-0.3, -0.25) is 0 Å². The first-order valence-corrected chi connectivity index (χ1v) is 6.46. The van der Waals surface area contributed by atoms with Gasteiger partial charge in [-0.05, 0) is 42.5 Å². The number of fused-ring (bicyclic) bond motifs is 1. The van der Waals surface area contributed by atoms with Crippen LogP contribution in [0.2, 0.25) is 0 Å². The van der Waals surface area contributed by atoms with Crippen LogP contribution in [0.15, 0.2) is 18.2 Å². The van der Waals surface area contributed by atoms with Gasteiger partial charge < -0.3 is 15.2 Å². The lowest BCUT2D eigenvalue weighted by atomic mass is 9.88. The third-order valence-electron chi connectivity index (χ3n) is 3.64. The molecule has 1 aromatic carbocycles. The van der Waals surface area contributed by atoms with Crippen molar-refractivity contribution in [3.63, 3.8) is 0 Å². The van der Waals surface area contributed by atoms with Gasteiger partial charge in [0, 0.05) is 12.5 Å². The number of esters is 1. The van der Waals surface area contributed by atoms with E-state index in [2.05, 4.69) is 6.07 Å². The standard InChI is InChI=1S/C14H17NO3/c15-12-3-1-2-9-4-5-10(8-11(9)12)18-13-6-7-17-14(13)16/h4-5,8,12-13H,1-3,6-7,15H2/t12-,13?/m0/s1. The summed E-state index contributed by atoms with van der Waals surface area (Å²) >= 11 is 0. The summed E-state index contributed by atoms with van der Waals surface area (Å²) in [5, 5.41) is 0. The number of hydrogen-bond donors (Lipinski definition) is 1. The molecule has 4 heteroatoms. The highest BCUT2D eigenvalue weighted by molar-refractivity contribution is 5.76. The second-order valence-electron chi connectivity index (χ2n) is 4.92. The minimum absolute atomic E-state index is 0.0906. The van der Waals surface area contributed by atoms with Gasteiger partial charge in [-0.2, -0.15) is 0 Å². The number of cyclic esters (lactones) is 1. The molecule has 2 aliphatic rings. The first kappa shape index (κ1) is 11.5. The Balaban J connectivity index is 1.81. The summed E-state index contributed by atoms with van der Waals surface area (Å²) in [5.41, 5.74) is 8.56. The van der Waals surface area contributed by atoms with E-state index in [-0.39, 0.29) is 12.0 Å². The Morgan fingerprint density at radius 1 is 1.33 bits per heavy atom. The number of hydrogen-bond acceptors (Lipinski definition) is 4. The Hall–Kier alpha value is -1.55. The van der Waals surface area contributed by atoms with Crippen molar-refractivity contribution in [3.8, 4) is 5.75 Å². The molecule has 4 nitrogen and oxygen atoms in total. The summed E-state index contributed by atoms with van der Waals surface area (Å²) in [7, 11) is 0. The van der Waals surface area contributed by atoms with Crippen molar-refractivity contribution in [2.24, 2.45) is 5.73 Å². The SMILES string of the molecule is N[C@H]1CCCc2ccc(OC3CCOC3=O)cc21. The number of carbonyl (C=O) groups is 1. The lowest BCUT2D eigenvalue weighted by Crippen LogP contribution is -2.22. The summed E-state index contributed by atoms with van der Waals surface area (Å²) in [6.07, 6.45) is 3.41. The van der Waals surface area contributed by atoms with Gasteiger partial charge in [0.2, 0.25) is 0 Å². The van der Waals surface area contributed by atoms with Crippen molar-refractivity contribution < 1.29 is 14.3 Å². The van der Waals surface area contributed by atoms with E-state index in [9.17, 15) is 4.79 Å². The van der Waals surface area contributed by atoms with Crippen LogP contribution < -0.4 is 10.5 Å².